The number of tetrazole rings is 1. The monoisotopic (exact) mass is 282 g/mol. The van der Waals surface area contributed by atoms with E-state index in [9.17, 15) is 4.79 Å². The molecule has 100 valence electrons. The Hall–Kier alpha value is -2.15. The lowest BCUT2D eigenvalue weighted by Crippen LogP contribution is -2.03. The van der Waals surface area contributed by atoms with E-state index in [2.05, 4.69) is 15.4 Å². The average molecular weight is 283 g/mol. The number of halogens is 1. The minimum atomic E-state index is 0.0761. The van der Waals surface area contributed by atoms with Crippen molar-refractivity contribution >= 4 is 17.9 Å². The van der Waals surface area contributed by atoms with Gasteiger partial charge in [0.2, 0.25) is 5.82 Å². The SMILES string of the molecule is COc1cc(Cl)cc(C=O)c1OCc1nnn(C)n1. The van der Waals surface area contributed by atoms with Gasteiger partial charge in [-0.25, -0.2) is 0 Å². The zero-order valence-corrected chi connectivity index (χ0v) is 11.1. The number of ether oxygens (including phenoxy) is 2. The summed E-state index contributed by atoms with van der Waals surface area (Å²) in [4.78, 5) is 12.3. The van der Waals surface area contributed by atoms with Crippen LogP contribution in [0.2, 0.25) is 5.02 Å². The first-order chi connectivity index (χ1) is 9.13. The molecule has 0 N–H and O–H groups in total. The third-order valence-corrected chi connectivity index (χ3v) is 2.51. The average Bonchev–Trinajstić information content (AvgIpc) is 2.81. The van der Waals surface area contributed by atoms with Crippen LogP contribution in [0, 0.1) is 0 Å². The molecule has 0 aliphatic carbocycles. The fraction of sp³-hybridized carbons (Fsp3) is 0.273. The Labute approximate surface area is 114 Å². The van der Waals surface area contributed by atoms with Crippen LogP contribution < -0.4 is 9.47 Å². The molecule has 1 heterocycles. The van der Waals surface area contributed by atoms with Crippen LogP contribution in [0.25, 0.3) is 0 Å². The van der Waals surface area contributed by atoms with Gasteiger partial charge in [0.1, 0.15) is 0 Å². The first kappa shape index (κ1) is 13.3. The van der Waals surface area contributed by atoms with E-state index in [0.29, 0.717) is 34.2 Å². The molecule has 0 saturated carbocycles. The van der Waals surface area contributed by atoms with Crippen LogP contribution in [-0.2, 0) is 13.7 Å². The molecule has 1 aromatic carbocycles. The maximum Gasteiger partial charge on any atom is 0.212 e. The third kappa shape index (κ3) is 3.00. The molecule has 0 amide bonds. The van der Waals surface area contributed by atoms with E-state index < -0.39 is 0 Å². The zero-order valence-electron chi connectivity index (χ0n) is 10.3. The van der Waals surface area contributed by atoms with Gasteiger partial charge in [0.15, 0.2) is 24.4 Å². The molecular formula is C11H11ClN4O3. The van der Waals surface area contributed by atoms with Gasteiger partial charge < -0.3 is 9.47 Å². The van der Waals surface area contributed by atoms with Crippen molar-refractivity contribution < 1.29 is 14.3 Å². The Morgan fingerprint density at radius 2 is 2.26 bits per heavy atom. The first-order valence-corrected chi connectivity index (χ1v) is 5.70. The van der Waals surface area contributed by atoms with Crippen molar-refractivity contribution in [3.05, 3.63) is 28.5 Å². The van der Waals surface area contributed by atoms with Crippen LogP contribution in [0.4, 0.5) is 0 Å². The summed E-state index contributed by atoms with van der Waals surface area (Å²) in [5.41, 5.74) is 0.299. The molecule has 0 aliphatic heterocycles. The topological polar surface area (TPSA) is 79.1 Å². The van der Waals surface area contributed by atoms with E-state index in [1.165, 1.54) is 18.0 Å². The molecule has 19 heavy (non-hydrogen) atoms. The normalized spacial score (nSPS) is 10.3. The maximum atomic E-state index is 11.0. The predicted molar refractivity (Wildman–Crippen MR) is 66.5 cm³/mol. The second kappa shape index (κ2) is 5.66. The van der Waals surface area contributed by atoms with Gasteiger partial charge in [-0.2, -0.15) is 4.80 Å². The molecule has 0 fully saturated rings. The van der Waals surface area contributed by atoms with E-state index in [1.54, 1.807) is 13.1 Å². The van der Waals surface area contributed by atoms with Crippen molar-refractivity contribution in [3.63, 3.8) is 0 Å². The molecule has 0 unspecified atom stereocenters. The largest absolute Gasteiger partial charge is 0.493 e. The molecule has 0 aliphatic rings. The highest BCUT2D eigenvalue weighted by Crippen LogP contribution is 2.34. The van der Waals surface area contributed by atoms with E-state index in [0.717, 1.165) is 0 Å². The van der Waals surface area contributed by atoms with Gasteiger partial charge in [0, 0.05) is 11.1 Å². The van der Waals surface area contributed by atoms with Gasteiger partial charge in [-0.1, -0.05) is 11.6 Å². The number of carbonyl (C=O) groups excluding carboxylic acids is 1. The van der Waals surface area contributed by atoms with Crippen LogP contribution in [-0.4, -0.2) is 33.6 Å². The Morgan fingerprint density at radius 3 is 2.84 bits per heavy atom. The number of nitrogens with zero attached hydrogens (tertiary/aromatic N) is 4. The van der Waals surface area contributed by atoms with Crippen molar-refractivity contribution in [2.75, 3.05) is 7.11 Å². The predicted octanol–water partition coefficient (Wildman–Crippen LogP) is 1.26. The minimum Gasteiger partial charge on any atom is -0.493 e. The Morgan fingerprint density at radius 1 is 1.47 bits per heavy atom. The van der Waals surface area contributed by atoms with E-state index >= 15 is 0 Å². The van der Waals surface area contributed by atoms with Gasteiger partial charge in [0.05, 0.1) is 19.7 Å². The van der Waals surface area contributed by atoms with Crippen LogP contribution in [0.15, 0.2) is 12.1 Å². The molecule has 0 bridgehead atoms. The summed E-state index contributed by atoms with van der Waals surface area (Å²) in [6.07, 6.45) is 0.647. The number of hydrogen-bond donors (Lipinski definition) is 0. The summed E-state index contributed by atoms with van der Waals surface area (Å²) < 4.78 is 10.6. The fourth-order valence-corrected chi connectivity index (χ4v) is 1.72. The molecule has 1 aromatic heterocycles. The number of aromatic nitrogens is 4. The third-order valence-electron chi connectivity index (χ3n) is 2.29. The molecule has 8 heteroatoms. The van der Waals surface area contributed by atoms with Crippen LogP contribution in [0.5, 0.6) is 11.5 Å². The number of aryl methyl sites for hydroxylation is 1. The summed E-state index contributed by atoms with van der Waals surface area (Å²) in [6.45, 7) is 0.0761. The summed E-state index contributed by atoms with van der Waals surface area (Å²) in [7, 11) is 3.11. The summed E-state index contributed by atoms with van der Waals surface area (Å²) in [5.74, 6) is 1.07. The van der Waals surface area contributed by atoms with Gasteiger partial charge >= 0.3 is 0 Å². The smallest absolute Gasteiger partial charge is 0.212 e. The minimum absolute atomic E-state index is 0.0761. The van der Waals surface area contributed by atoms with Gasteiger partial charge in [-0.15, -0.1) is 10.2 Å². The molecule has 2 aromatic rings. The first-order valence-electron chi connectivity index (χ1n) is 5.32. The number of rotatable bonds is 5. The summed E-state index contributed by atoms with van der Waals surface area (Å²) >= 11 is 5.87. The fourth-order valence-electron chi connectivity index (χ4n) is 1.50. The van der Waals surface area contributed by atoms with Gasteiger partial charge in [-0.3, -0.25) is 4.79 Å². The van der Waals surface area contributed by atoms with Crippen molar-refractivity contribution in [1.29, 1.82) is 0 Å². The van der Waals surface area contributed by atoms with Crippen molar-refractivity contribution in [3.8, 4) is 11.5 Å². The number of hydrogen-bond acceptors (Lipinski definition) is 6. The van der Waals surface area contributed by atoms with Crippen molar-refractivity contribution in [1.82, 2.24) is 20.2 Å². The quantitative estimate of drug-likeness (QED) is 0.768. The molecule has 0 spiro atoms. The van der Waals surface area contributed by atoms with Gasteiger partial charge in [0.25, 0.3) is 0 Å². The highest BCUT2D eigenvalue weighted by molar-refractivity contribution is 6.31. The lowest BCUT2D eigenvalue weighted by molar-refractivity contribution is 0.111. The summed E-state index contributed by atoms with van der Waals surface area (Å²) in [5, 5.41) is 11.8. The highest BCUT2D eigenvalue weighted by atomic mass is 35.5. The highest BCUT2D eigenvalue weighted by Gasteiger charge is 2.13. The number of aldehydes is 1. The Bertz CT molecular complexity index is 600. The van der Waals surface area contributed by atoms with E-state index in [1.807, 2.05) is 0 Å². The second-order valence-electron chi connectivity index (χ2n) is 3.63. The number of methoxy groups -OCH3 is 1. The van der Waals surface area contributed by atoms with Crippen LogP contribution in [0.1, 0.15) is 16.2 Å². The molecule has 7 nitrogen and oxygen atoms in total. The Kier molecular flexibility index (Phi) is 3.96. The molecule has 0 saturated heterocycles. The maximum absolute atomic E-state index is 11.0. The Balaban J connectivity index is 2.25. The lowest BCUT2D eigenvalue weighted by Gasteiger charge is -2.11. The van der Waals surface area contributed by atoms with Crippen molar-refractivity contribution in [2.45, 2.75) is 6.61 Å². The lowest BCUT2D eigenvalue weighted by atomic mass is 10.2. The van der Waals surface area contributed by atoms with Crippen molar-refractivity contribution in [2.24, 2.45) is 7.05 Å². The zero-order chi connectivity index (χ0) is 13.8. The van der Waals surface area contributed by atoms with E-state index in [-0.39, 0.29) is 6.61 Å². The summed E-state index contributed by atoms with van der Waals surface area (Å²) in [6, 6.07) is 3.06. The van der Waals surface area contributed by atoms with Crippen LogP contribution in [0.3, 0.4) is 0 Å². The second-order valence-corrected chi connectivity index (χ2v) is 4.06. The number of benzene rings is 1. The molecule has 0 atom stereocenters. The molecule has 0 radical (unpaired) electrons. The number of carbonyl (C=O) groups is 1. The van der Waals surface area contributed by atoms with E-state index in [4.69, 9.17) is 21.1 Å². The molecular weight excluding hydrogens is 272 g/mol. The molecule has 2 rings (SSSR count). The standard InChI is InChI=1S/C11H11ClN4O3/c1-16-14-10(13-15-16)6-19-11-7(5-17)3-8(12)4-9(11)18-2/h3-5H,6H2,1-2H3. The van der Waals surface area contributed by atoms with Crippen LogP contribution >= 0.6 is 11.6 Å². The van der Waals surface area contributed by atoms with Gasteiger partial charge in [-0.05, 0) is 11.3 Å².